The minimum Gasteiger partial charge on any atom is -0.455 e. The summed E-state index contributed by atoms with van der Waals surface area (Å²) in [6.45, 7) is 0. The van der Waals surface area contributed by atoms with E-state index in [0.29, 0.717) is 5.82 Å². The van der Waals surface area contributed by atoms with E-state index in [9.17, 15) is 0 Å². The minimum atomic E-state index is 0.647. The van der Waals surface area contributed by atoms with Gasteiger partial charge in [0.25, 0.3) is 0 Å². The van der Waals surface area contributed by atoms with Crippen LogP contribution in [0.3, 0.4) is 0 Å². The normalized spacial score (nSPS) is 11.3. The summed E-state index contributed by atoms with van der Waals surface area (Å²) in [5, 5.41) is 2.16. The van der Waals surface area contributed by atoms with Gasteiger partial charge in [-0.1, -0.05) is 88.7 Å². The predicted molar refractivity (Wildman–Crippen MR) is 133 cm³/mol. The molecule has 0 saturated carbocycles. The van der Waals surface area contributed by atoms with Crippen molar-refractivity contribution < 1.29 is 4.42 Å². The van der Waals surface area contributed by atoms with Crippen molar-refractivity contribution in [2.45, 2.75) is 0 Å². The molecule has 0 aliphatic heterocycles. The Morgan fingerprint density at radius 3 is 2.03 bits per heavy atom. The lowest BCUT2D eigenvalue weighted by molar-refractivity contribution is 0.669. The molecule has 0 bridgehead atoms. The van der Waals surface area contributed by atoms with E-state index in [1.807, 2.05) is 66.7 Å². The van der Waals surface area contributed by atoms with Crippen LogP contribution in [0.2, 0.25) is 0 Å². The Balaban J connectivity index is 1.62. The summed E-state index contributed by atoms with van der Waals surface area (Å²) in [6, 6.07) is 34.7. The molecule has 6 aromatic rings. The molecule has 32 heavy (non-hydrogen) atoms. The molecule has 0 atom stereocenters. The topological polar surface area (TPSA) is 38.9 Å². The summed E-state index contributed by atoms with van der Waals surface area (Å²) < 4.78 is 7.29. The van der Waals surface area contributed by atoms with E-state index in [1.165, 1.54) is 0 Å². The van der Waals surface area contributed by atoms with E-state index in [4.69, 9.17) is 14.4 Å². The first-order valence-corrected chi connectivity index (χ1v) is 11.2. The number of halogens is 1. The fraction of sp³-hybridized carbons (Fsp3) is 0. The third-order valence-electron chi connectivity index (χ3n) is 5.58. The maximum atomic E-state index is 6.26. The number of rotatable bonds is 3. The van der Waals surface area contributed by atoms with Gasteiger partial charge in [-0.15, -0.1) is 0 Å². The van der Waals surface area contributed by atoms with E-state index in [-0.39, 0.29) is 0 Å². The lowest BCUT2D eigenvalue weighted by Gasteiger charge is -2.10. The molecule has 4 heteroatoms. The Kier molecular flexibility index (Phi) is 4.58. The van der Waals surface area contributed by atoms with Crippen molar-refractivity contribution in [1.29, 1.82) is 0 Å². The van der Waals surface area contributed by atoms with Gasteiger partial charge in [0.1, 0.15) is 11.2 Å². The van der Waals surface area contributed by atoms with Gasteiger partial charge in [0.2, 0.25) is 0 Å². The standard InChI is InChI=1S/C28H17BrN2O/c29-20-15-13-19(14-16-20)25-17-24(18-7-2-1-3-8-18)30-28(31-25)23-11-6-10-22-21-9-4-5-12-26(21)32-27(22)23/h1-17H. The third-order valence-corrected chi connectivity index (χ3v) is 6.11. The molecular weight excluding hydrogens is 460 g/mol. The molecule has 6 rings (SSSR count). The summed E-state index contributed by atoms with van der Waals surface area (Å²) in [4.78, 5) is 9.92. The van der Waals surface area contributed by atoms with Crippen molar-refractivity contribution in [3.63, 3.8) is 0 Å². The molecule has 0 aliphatic rings. The number of nitrogens with zero attached hydrogens (tertiary/aromatic N) is 2. The van der Waals surface area contributed by atoms with Crippen molar-refractivity contribution in [2.75, 3.05) is 0 Å². The number of fused-ring (bicyclic) bond motifs is 3. The molecule has 0 unspecified atom stereocenters. The van der Waals surface area contributed by atoms with Crippen LogP contribution in [0.1, 0.15) is 0 Å². The zero-order valence-corrected chi connectivity index (χ0v) is 18.6. The number of aromatic nitrogens is 2. The smallest absolute Gasteiger partial charge is 0.164 e. The van der Waals surface area contributed by atoms with Gasteiger partial charge in [0.05, 0.1) is 17.0 Å². The zero-order valence-electron chi connectivity index (χ0n) is 17.0. The highest BCUT2D eigenvalue weighted by Gasteiger charge is 2.16. The number of furan rings is 1. The molecule has 0 fully saturated rings. The second-order valence-corrected chi connectivity index (χ2v) is 8.53. The highest BCUT2D eigenvalue weighted by atomic mass is 79.9. The first-order valence-electron chi connectivity index (χ1n) is 10.4. The number of hydrogen-bond donors (Lipinski definition) is 0. The molecule has 0 saturated heterocycles. The van der Waals surface area contributed by atoms with Gasteiger partial charge < -0.3 is 4.42 Å². The van der Waals surface area contributed by atoms with E-state index in [2.05, 4.69) is 52.3 Å². The molecular formula is C28H17BrN2O. The monoisotopic (exact) mass is 476 g/mol. The fourth-order valence-electron chi connectivity index (χ4n) is 4.02. The number of benzene rings is 4. The van der Waals surface area contributed by atoms with Crippen LogP contribution in [0.5, 0.6) is 0 Å². The van der Waals surface area contributed by atoms with Crippen molar-refractivity contribution in [3.8, 4) is 33.9 Å². The van der Waals surface area contributed by atoms with E-state index in [1.54, 1.807) is 0 Å². The van der Waals surface area contributed by atoms with Crippen LogP contribution in [0.25, 0.3) is 55.8 Å². The summed E-state index contributed by atoms with van der Waals surface area (Å²) in [7, 11) is 0. The molecule has 2 aromatic heterocycles. The Labute approximate surface area is 193 Å². The molecule has 2 heterocycles. The van der Waals surface area contributed by atoms with Gasteiger partial charge in [0.15, 0.2) is 5.82 Å². The van der Waals surface area contributed by atoms with Gasteiger partial charge in [-0.3, -0.25) is 0 Å². The first-order chi connectivity index (χ1) is 15.8. The van der Waals surface area contributed by atoms with Gasteiger partial charge in [0, 0.05) is 26.4 Å². The average molecular weight is 477 g/mol. The van der Waals surface area contributed by atoms with Crippen LogP contribution in [-0.2, 0) is 0 Å². The second-order valence-electron chi connectivity index (χ2n) is 7.62. The van der Waals surface area contributed by atoms with Crippen molar-refractivity contribution in [3.05, 3.63) is 108 Å². The lowest BCUT2D eigenvalue weighted by atomic mass is 10.1. The quantitative estimate of drug-likeness (QED) is 0.258. The second kappa shape index (κ2) is 7.74. The van der Waals surface area contributed by atoms with Crippen molar-refractivity contribution in [2.24, 2.45) is 0 Å². The number of hydrogen-bond acceptors (Lipinski definition) is 3. The summed E-state index contributed by atoms with van der Waals surface area (Å²) in [5.74, 6) is 0.647. The molecule has 3 nitrogen and oxygen atoms in total. The molecule has 0 N–H and O–H groups in total. The van der Waals surface area contributed by atoms with Crippen LogP contribution in [-0.4, -0.2) is 9.97 Å². The maximum Gasteiger partial charge on any atom is 0.164 e. The van der Waals surface area contributed by atoms with Crippen molar-refractivity contribution >= 4 is 37.9 Å². The summed E-state index contributed by atoms with van der Waals surface area (Å²) >= 11 is 3.52. The summed E-state index contributed by atoms with van der Waals surface area (Å²) in [5.41, 5.74) is 6.38. The Morgan fingerprint density at radius 2 is 1.25 bits per heavy atom. The van der Waals surface area contributed by atoms with Crippen LogP contribution in [0.4, 0.5) is 0 Å². The molecule has 0 radical (unpaired) electrons. The molecule has 0 spiro atoms. The molecule has 152 valence electrons. The van der Waals surface area contributed by atoms with Gasteiger partial charge in [-0.25, -0.2) is 9.97 Å². The zero-order chi connectivity index (χ0) is 21.5. The minimum absolute atomic E-state index is 0.647. The van der Waals surface area contributed by atoms with E-state index in [0.717, 1.165) is 54.5 Å². The van der Waals surface area contributed by atoms with Crippen LogP contribution in [0, 0.1) is 0 Å². The van der Waals surface area contributed by atoms with E-state index >= 15 is 0 Å². The first kappa shape index (κ1) is 19.0. The number of para-hydroxylation sites is 2. The highest BCUT2D eigenvalue weighted by Crippen LogP contribution is 2.36. The van der Waals surface area contributed by atoms with E-state index < -0.39 is 0 Å². The van der Waals surface area contributed by atoms with Gasteiger partial charge >= 0.3 is 0 Å². The predicted octanol–water partition coefficient (Wildman–Crippen LogP) is 8.14. The fourth-order valence-corrected chi connectivity index (χ4v) is 4.28. The van der Waals surface area contributed by atoms with Gasteiger partial charge in [-0.2, -0.15) is 0 Å². The van der Waals surface area contributed by atoms with Crippen LogP contribution in [0.15, 0.2) is 112 Å². The molecule has 0 aliphatic carbocycles. The Bertz CT molecular complexity index is 1570. The Morgan fingerprint density at radius 1 is 0.594 bits per heavy atom. The molecule has 4 aromatic carbocycles. The largest absolute Gasteiger partial charge is 0.455 e. The van der Waals surface area contributed by atoms with Crippen LogP contribution < -0.4 is 0 Å². The van der Waals surface area contributed by atoms with Gasteiger partial charge in [-0.05, 0) is 30.3 Å². The highest BCUT2D eigenvalue weighted by molar-refractivity contribution is 9.10. The SMILES string of the molecule is Brc1ccc(-c2cc(-c3ccccc3)nc(-c3cccc4c3oc3ccccc34)n2)cc1. The van der Waals surface area contributed by atoms with Crippen LogP contribution >= 0.6 is 15.9 Å². The lowest BCUT2D eigenvalue weighted by Crippen LogP contribution is -1.96. The Hall–Kier alpha value is -3.76. The third kappa shape index (κ3) is 3.29. The van der Waals surface area contributed by atoms with Crippen molar-refractivity contribution in [1.82, 2.24) is 9.97 Å². The maximum absolute atomic E-state index is 6.26. The average Bonchev–Trinajstić information content (AvgIpc) is 3.24. The molecule has 0 amide bonds. The summed E-state index contributed by atoms with van der Waals surface area (Å²) in [6.07, 6.45) is 0.